The van der Waals surface area contributed by atoms with Gasteiger partial charge in [-0.15, -0.1) is 0 Å². The zero-order valence-corrected chi connectivity index (χ0v) is 14.8. The van der Waals surface area contributed by atoms with E-state index in [0.29, 0.717) is 11.8 Å². The highest BCUT2D eigenvalue weighted by molar-refractivity contribution is 5.81. The number of imidazole rings is 1. The number of aromatic nitrogens is 4. The number of hydrogen-bond acceptors (Lipinski definition) is 3. The van der Waals surface area contributed by atoms with Gasteiger partial charge in [-0.05, 0) is 31.1 Å². The molecule has 0 unspecified atom stereocenters. The Morgan fingerprint density at radius 1 is 1.24 bits per heavy atom. The average Bonchev–Trinajstić information content (AvgIpc) is 3.48. The van der Waals surface area contributed by atoms with E-state index in [-0.39, 0.29) is 5.92 Å². The van der Waals surface area contributed by atoms with Gasteiger partial charge < -0.3 is 9.47 Å². The molecule has 3 aliphatic rings. The quantitative estimate of drug-likeness (QED) is 0.858. The second-order valence-electron chi connectivity index (χ2n) is 8.00. The number of hydrogen-bond donors (Lipinski definition) is 0. The van der Waals surface area contributed by atoms with Gasteiger partial charge in [0.05, 0.1) is 18.1 Å². The van der Waals surface area contributed by atoms with Crippen molar-refractivity contribution in [3.63, 3.8) is 0 Å². The molecule has 0 bridgehead atoms. The molecule has 1 amide bonds. The Balaban J connectivity index is 1.33. The minimum Gasteiger partial charge on any atom is -0.340 e. The fourth-order valence-electron chi connectivity index (χ4n) is 3.94. The maximum absolute atomic E-state index is 12.5. The Morgan fingerprint density at radius 3 is 2.84 bits per heavy atom. The summed E-state index contributed by atoms with van der Waals surface area (Å²) in [5.41, 5.74) is 2.26. The molecule has 5 rings (SSSR count). The Hall–Kier alpha value is -2.11. The Morgan fingerprint density at radius 2 is 2.08 bits per heavy atom. The number of fused-ring (bicyclic) bond motifs is 1. The van der Waals surface area contributed by atoms with Crippen LogP contribution in [-0.4, -0.2) is 43.2 Å². The summed E-state index contributed by atoms with van der Waals surface area (Å²) in [4.78, 5) is 19.2. The summed E-state index contributed by atoms with van der Waals surface area (Å²) in [5.74, 6) is 3.09. The summed E-state index contributed by atoms with van der Waals surface area (Å²) < 4.78 is 4.34. The van der Waals surface area contributed by atoms with Crippen molar-refractivity contribution in [3.8, 4) is 11.3 Å². The first-order chi connectivity index (χ1) is 12.2. The highest BCUT2D eigenvalue weighted by Crippen LogP contribution is 2.39. The first-order valence-electron chi connectivity index (χ1n) is 9.55. The lowest BCUT2D eigenvalue weighted by molar-refractivity contribution is -0.132. The van der Waals surface area contributed by atoms with Crippen LogP contribution in [0, 0.1) is 17.8 Å². The summed E-state index contributed by atoms with van der Waals surface area (Å²) in [6.07, 6.45) is 10.6. The van der Waals surface area contributed by atoms with Gasteiger partial charge in [0.2, 0.25) is 5.91 Å². The SMILES string of the molecule is C[C@H]1C[C@H]1C(=O)N1CCc2ncc(-c3cnn(CC4CC4)c3)n2CC1. The predicted molar refractivity (Wildman–Crippen MR) is 93.7 cm³/mol. The van der Waals surface area contributed by atoms with Crippen molar-refractivity contribution in [1.29, 1.82) is 0 Å². The minimum atomic E-state index is 0.269. The van der Waals surface area contributed by atoms with Crippen LogP contribution in [0.5, 0.6) is 0 Å². The first-order valence-corrected chi connectivity index (χ1v) is 9.55. The van der Waals surface area contributed by atoms with Gasteiger partial charge in [0, 0.05) is 50.3 Å². The van der Waals surface area contributed by atoms with Crippen LogP contribution >= 0.6 is 0 Å². The molecule has 1 aliphatic heterocycles. The van der Waals surface area contributed by atoms with Gasteiger partial charge in [0.25, 0.3) is 0 Å². The maximum atomic E-state index is 12.5. The Labute approximate surface area is 147 Å². The molecule has 2 aliphatic carbocycles. The van der Waals surface area contributed by atoms with Crippen LogP contribution in [-0.2, 0) is 24.3 Å². The van der Waals surface area contributed by atoms with Crippen molar-refractivity contribution >= 4 is 5.91 Å². The zero-order chi connectivity index (χ0) is 17.0. The van der Waals surface area contributed by atoms with Gasteiger partial charge in [-0.3, -0.25) is 9.48 Å². The maximum Gasteiger partial charge on any atom is 0.226 e. The van der Waals surface area contributed by atoms with Gasteiger partial charge >= 0.3 is 0 Å². The van der Waals surface area contributed by atoms with Gasteiger partial charge in [-0.1, -0.05) is 6.92 Å². The Kier molecular flexibility index (Phi) is 3.47. The third kappa shape index (κ3) is 2.87. The Bertz CT molecular complexity index is 803. The summed E-state index contributed by atoms with van der Waals surface area (Å²) >= 11 is 0. The number of amides is 1. The van der Waals surface area contributed by atoms with Crippen molar-refractivity contribution < 1.29 is 4.79 Å². The van der Waals surface area contributed by atoms with E-state index in [1.54, 1.807) is 0 Å². The fourth-order valence-corrected chi connectivity index (χ4v) is 3.94. The molecule has 2 aromatic rings. The van der Waals surface area contributed by atoms with Crippen molar-refractivity contribution in [2.75, 3.05) is 13.1 Å². The van der Waals surface area contributed by atoms with E-state index in [2.05, 4.69) is 32.5 Å². The van der Waals surface area contributed by atoms with Crippen LogP contribution in [0.4, 0.5) is 0 Å². The molecule has 0 radical (unpaired) electrons. The molecule has 2 aromatic heterocycles. The minimum absolute atomic E-state index is 0.269. The van der Waals surface area contributed by atoms with E-state index in [1.165, 1.54) is 12.8 Å². The molecular weight excluding hydrogens is 314 g/mol. The molecule has 25 heavy (non-hydrogen) atoms. The van der Waals surface area contributed by atoms with E-state index in [4.69, 9.17) is 0 Å². The summed E-state index contributed by atoms with van der Waals surface area (Å²) in [5, 5.41) is 4.52. The third-order valence-corrected chi connectivity index (χ3v) is 5.95. The van der Waals surface area contributed by atoms with E-state index in [9.17, 15) is 4.79 Å². The molecule has 132 valence electrons. The lowest BCUT2D eigenvalue weighted by Crippen LogP contribution is -2.35. The van der Waals surface area contributed by atoms with Gasteiger partial charge in [-0.25, -0.2) is 4.98 Å². The van der Waals surface area contributed by atoms with Crippen molar-refractivity contribution in [1.82, 2.24) is 24.2 Å². The molecule has 0 aromatic carbocycles. The van der Waals surface area contributed by atoms with Crippen LogP contribution in [0.2, 0.25) is 0 Å². The van der Waals surface area contributed by atoms with Crippen molar-refractivity contribution in [2.24, 2.45) is 17.8 Å². The van der Waals surface area contributed by atoms with E-state index in [0.717, 1.165) is 62.0 Å². The zero-order valence-electron chi connectivity index (χ0n) is 14.8. The van der Waals surface area contributed by atoms with E-state index >= 15 is 0 Å². The van der Waals surface area contributed by atoms with Crippen LogP contribution < -0.4 is 0 Å². The van der Waals surface area contributed by atoms with Gasteiger partial charge in [0.15, 0.2) is 0 Å². The third-order valence-electron chi connectivity index (χ3n) is 5.95. The lowest BCUT2D eigenvalue weighted by Gasteiger charge is -2.20. The van der Waals surface area contributed by atoms with Gasteiger partial charge in [0.1, 0.15) is 5.82 Å². The van der Waals surface area contributed by atoms with E-state index in [1.807, 2.05) is 17.3 Å². The highest BCUT2D eigenvalue weighted by atomic mass is 16.2. The summed E-state index contributed by atoms with van der Waals surface area (Å²) in [6.45, 7) is 5.60. The predicted octanol–water partition coefficient (Wildman–Crippen LogP) is 2.20. The molecule has 2 atom stereocenters. The van der Waals surface area contributed by atoms with Crippen molar-refractivity contribution in [2.45, 2.75) is 45.7 Å². The molecule has 0 saturated heterocycles. The smallest absolute Gasteiger partial charge is 0.226 e. The summed E-state index contributed by atoms with van der Waals surface area (Å²) in [7, 11) is 0. The summed E-state index contributed by atoms with van der Waals surface area (Å²) in [6, 6.07) is 0. The van der Waals surface area contributed by atoms with E-state index < -0.39 is 0 Å². The van der Waals surface area contributed by atoms with Crippen LogP contribution in [0.1, 0.15) is 32.0 Å². The van der Waals surface area contributed by atoms with Crippen LogP contribution in [0.15, 0.2) is 18.6 Å². The molecule has 0 spiro atoms. The fraction of sp³-hybridized carbons (Fsp3) is 0.632. The number of rotatable bonds is 4. The largest absolute Gasteiger partial charge is 0.340 e. The molecule has 2 fully saturated rings. The molecule has 0 N–H and O–H groups in total. The monoisotopic (exact) mass is 339 g/mol. The van der Waals surface area contributed by atoms with Crippen molar-refractivity contribution in [3.05, 3.63) is 24.4 Å². The van der Waals surface area contributed by atoms with Crippen LogP contribution in [0.25, 0.3) is 11.3 Å². The number of carbonyl (C=O) groups is 1. The lowest BCUT2D eigenvalue weighted by atomic mass is 10.2. The second-order valence-corrected chi connectivity index (χ2v) is 8.00. The number of nitrogens with zero attached hydrogens (tertiary/aromatic N) is 5. The highest BCUT2D eigenvalue weighted by Gasteiger charge is 2.41. The average molecular weight is 339 g/mol. The molecule has 3 heterocycles. The first kappa shape index (κ1) is 15.2. The van der Waals surface area contributed by atoms with Crippen LogP contribution in [0.3, 0.4) is 0 Å². The topological polar surface area (TPSA) is 56.0 Å². The van der Waals surface area contributed by atoms with Gasteiger partial charge in [-0.2, -0.15) is 5.10 Å². The molecule has 6 nitrogen and oxygen atoms in total. The standard InChI is InChI=1S/C19H25N5O/c1-13-8-16(13)19(25)22-5-4-18-20-10-17(24(18)7-6-22)15-9-21-23(12-15)11-14-2-3-14/h9-10,12-14,16H,2-8,11H2,1H3/t13-,16+/m0/s1. The normalized spacial score (nSPS) is 25.6. The second kappa shape index (κ2) is 5.71. The number of carbonyl (C=O) groups excluding carboxylic acids is 1. The molecule has 6 heteroatoms. The molecule has 2 saturated carbocycles. The molecular formula is C19H25N5O.